The van der Waals surface area contributed by atoms with Crippen molar-refractivity contribution < 1.29 is 23.0 Å². The van der Waals surface area contributed by atoms with Gasteiger partial charge in [-0.2, -0.15) is 14.0 Å². The highest BCUT2D eigenvalue weighted by Crippen LogP contribution is 2.27. The molecule has 0 radical (unpaired) electrons. The zero-order chi connectivity index (χ0) is 14.4. The molecule has 0 aromatic heterocycles. The molecule has 0 spiro atoms. The van der Waals surface area contributed by atoms with E-state index in [0.29, 0.717) is 5.56 Å². The first-order chi connectivity index (χ1) is 9.01. The Morgan fingerprint density at radius 2 is 2.16 bits per heavy atom. The minimum Gasteiger partial charge on any atom is -0.469 e. The van der Waals surface area contributed by atoms with Gasteiger partial charge in [0.25, 0.3) is 0 Å². The molecule has 0 saturated carbocycles. The number of nitriles is 1. The highest BCUT2D eigenvalue weighted by atomic mass is 35.5. The van der Waals surface area contributed by atoms with Crippen molar-refractivity contribution in [3.63, 3.8) is 0 Å². The van der Waals surface area contributed by atoms with Gasteiger partial charge in [-0.25, -0.2) is 0 Å². The van der Waals surface area contributed by atoms with Crippen molar-refractivity contribution in [2.75, 3.05) is 7.11 Å². The molecule has 0 N–H and O–H groups in total. The van der Waals surface area contributed by atoms with Crippen LogP contribution in [0.4, 0.5) is 8.78 Å². The van der Waals surface area contributed by atoms with E-state index in [2.05, 4.69) is 9.47 Å². The predicted octanol–water partition coefficient (Wildman–Crippen LogP) is 2.61. The van der Waals surface area contributed by atoms with E-state index in [9.17, 15) is 13.6 Å². The van der Waals surface area contributed by atoms with Gasteiger partial charge in [0, 0.05) is 5.56 Å². The molecule has 1 aromatic rings. The molecule has 4 nitrogen and oxygen atoms in total. The van der Waals surface area contributed by atoms with Crippen molar-refractivity contribution >= 4 is 17.6 Å². The molecule has 1 rings (SSSR count). The fourth-order valence-corrected chi connectivity index (χ4v) is 1.67. The Balaban J connectivity index is 3.20. The van der Waals surface area contributed by atoms with E-state index in [4.69, 9.17) is 16.9 Å². The van der Waals surface area contributed by atoms with Gasteiger partial charge in [0.15, 0.2) is 0 Å². The number of esters is 1. The van der Waals surface area contributed by atoms with Crippen LogP contribution in [0.5, 0.6) is 5.75 Å². The van der Waals surface area contributed by atoms with Crippen LogP contribution in [-0.4, -0.2) is 19.7 Å². The minimum atomic E-state index is -3.01. The Bertz CT molecular complexity index is 514. The lowest BCUT2D eigenvalue weighted by Gasteiger charge is -2.12. The average molecular weight is 290 g/mol. The van der Waals surface area contributed by atoms with Gasteiger partial charge in [-0.05, 0) is 17.7 Å². The number of hydrogen-bond acceptors (Lipinski definition) is 4. The lowest BCUT2D eigenvalue weighted by Crippen LogP contribution is -2.09. The van der Waals surface area contributed by atoms with E-state index in [1.165, 1.54) is 13.2 Å². The van der Waals surface area contributed by atoms with Gasteiger partial charge < -0.3 is 9.47 Å². The van der Waals surface area contributed by atoms with Crippen molar-refractivity contribution in [2.45, 2.75) is 18.9 Å². The van der Waals surface area contributed by atoms with Crippen LogP contribution in [-0.2, 0) is 21.8 Å². The first-order valence-corrected chi connectivity index (χ1v) is 5.68. The van der Waals surface area contributed by atoms with Gasteiger partial charge in [-0.15, -0.1) is 11.6 Å². The van der Waals surface area contributed by atoms with E-state index >= 15 is 0 Å². The quantitative estimate of drug-likeness (QED) is 0.617. The normalized spacial score (nSPS) is 10.1. The first-order valence-electron chi connectivity index (χ1n) is 5.15. The van der Waals surface area contributed by atoms with Crippen LogP contribution in [0.15, 0.2) is 12.1 Å². The standard InChI is InChI=1S/C12H10ClF2NO3/c1-18-11(17)4-7-2-8(5-13)10(19-12(14)15)3-9(7)6-16/h2-3,12H,4-5H2,1H3. The van der Waals surface area contributed by atoms with Crippen LogP contribution in [0, 0.1) is 11.3 Å². The summed E-state index contributed by atoms with van der Waals surface area (Å²) in [5.74, 6) is -0.795. The summed E-state index contributed by atoms with van der Waals surface area (Å²) in [4.78, 5) is 11.2. The molecular formula is C12H10ClF2NO3. The smallest absolute Gasteiger partial charge is 0.387 e. The molecule has 0 unspecified atom stereocenters. The van der Waals surface area contributed by atoms with Crippen molar-refractivity contribution in [2.24, 2.45) is 0 Å². The molecule has 0 fully saturated rings. The van der Waals surface area contributed by atoms with E-state index in [-0.39, 0.29) is 29.2 Å². The Morgan fingerprint density at radius 3 is 2.63 bits per heavy atom. The summed E-state index contributed by atoms with van der Waals surface area (Å²) in [6, 6.07) is 4.34. The number of rotatable bonds is 5. The number of halogens is 3. The Morgan fingerprint density at radius 1 is 1.47 bits per heavy atom. The Kier molecular flexibility index (Phi) is 5.52. The number of carbonyl (C=O) groups is 1. The van der Waals surface area contributed by atoms with Crippen LogP contribution in [0.25, 0.3) is 0 Å². The van der Waals surface area contributed by atoms with Gasteiger partial charge in [-0.3, -0.25) is 4.79 Å². The maximum absolute atomic E-state index is 12.2. The summed E-state index contributed by atoms with van der Waals surface area (Å²) < 4.78 is 33.2. The van der Waals surface area contributed by atoms with Crippen LogP contribution >= 0.6 is 11.6 Å². The van der Waals surface area contributed by atoms with E-state index in [0.717, 1.165) is 6.07 Å². The number of alkyl halides is 3. The van der Waals surface area contributed by atoms with Crippen molar-refractivity contribution in [1.29, 1.82) is 5.26 Å². The minimum absolute atomic E-state index is 0.0647. The maximum Gasteiger partial charge on any atom is 0.387 e. The fraction of sp³-hybridized carbons (Fsp3) is 0.333. The zero-order valence-electron chi connectivity index (χ0n) is 9.95. The molecular weight excluding hydrogens is 280 g/mol. The van der Waals surface area contributed by atoms with Crippen molar-refractivity contribution in [3.05, 3.63) is 28.8 Å². The monoisotopic (exact) mass is 289 g/mol. The molecule has 0 saturated heterocycles. The summed E-state index contributed by atoms with van der Waals surface area (Å²) in [6.07, 6.45) is -0.141. The predicted molar refractivity (Wildman–Crippen MR) is 63.1 cm³/mol. The van der Waals surface area contributed by atoms with Crippen molar-refractivity contribution in [1.82, 2.24) is 0 Å². The molecule has 0 bridgehead atoms. The summed E-state index contributed by atoms with van der Waals surface area (Å²) in [5, 5.41) is 8.95. The second kappa shape index (κ2) is 6.90. The van der Waals surface area contributed by atoms with Crippen LogP contribution in [0.1, 0.15) is 16.7 Å². The number of carbonyl (C=O) groups excluding carboxylic acids is 1. The van der Waals surface area contributed by atoms with Crippen LogP contribution in [0.2, 0.25) is 0 Å². The lowest BCUT2D eigenvalue weighted by atomic mass is 10.0. The van der Waals surface area contributed by atoms with Gasteiger partial charge >= 0.3 is 12.6 Å². The summed E-state index contributed by atoms with van der Waals surface area (Å²) in [6.45, 7) is -3.01. The van der Waals surface area contributed by atoms with Gasteiger partial charge in [0.2, 0.25) is 0 Å². The van der Waals surface area contributed by atoms with Crippen molar-refractivity contribution in [3.8, 4) is 11.8 Å². The first kappa shape index (κ1) is 15.2. The summed E-state index contributed by atoms with van der Waals surface area (Å²) >= 11 is 5.63. The van der Waals surface area contributed by atoms with Crippen LogP contribution in [0.3, 0.4) is 0 Å². The Hall–Kier alpha value is -1.87. The van der Waals surface area contributed by atoms with E-state index in [1.54, 1.807) is 0 Å². The van der Waals surface area contributed by atoms with Gasteiger partial charge in [-0.1, -0.05) is 0 Å². The van der Waals surface area contributed by atoms with E-state index < -0.39 is 12.6 Å². The molecule has 1 aromatic carbocycles. The number of benzene rings is 1. The molecule has 19 heavy (non-hydrogen) atoms. The second-order valence-electron chi connectivity index (χ2n) is 3.49. The molecule has 0 aliphatic rings. The highest BCUT2D eigenvalue weighted by Gasteiger charge is 2.16. The number of methoxy groups -OCH3 is 1. The SMILES string of the molecule is COC(=O)Cc1cc(CCl)c(OC(F)F)cc1C#N. The third-order valence-corrected chi connectivity index (χ3v) is 2.62. The molecule has 0 heterocycles. The second-order valence-corrected chi connectivity index (χ2v) is 3.76. The Labute approximate surface area is 113 Å². The highest BCUT2D eigenvalue weighted by molar-refractivity contribution is 6.17. The zero-order valence-corrected chi connectivity index (χ0v) is 10.7. The largest absolute Gasteiger partial charge is 0.469 e. The molecule has 0 aliphatic carbocycles. The van der Waals surface area contributed by atoms with E-state index in [1.807, 2.05) is 6.07 Å². The summed E-state index contributed by atoms with van der Waals surface area (Å²) in [5.41, 5.74) is 0.696. The fourth-order valence-electron chi connectivity index (χ4n) is 1.46. The van der Waals surface area contributed by atoms with Gasteiger partial charge in [0.05, 0.1) is 31.0 Å². The third kappa shape index (κ3) is 4.07. The topological polar surface area (TPSA) is 59.3 Å². The summed E-state index contributed by atoms with van der Waals surface area (Å²) in [7, 11) is 1.21. The molecule has 0 aliphatic heterocycles. The number of hydrogen-bond donors (Lipinski definition) is 0. The number of nitrogens with zero attached hydrogens (tertiary/aromatic N) is 1. The molecule has 7 heteroatoms. The van der Waals surface area contributed by atoms with Gasteiger partial charge in [0.1, 0.15) is 5.75 Å². The third-order valence-electron chi connectivity index (χ3n) is 2.33. The molecule has 0 atom stereocenters. The average Bonchev–Trinajstić information content (AvgIpc) is 2.38. The molecule has 0 amide bonds. The number of ether oxygens (including phenoxy) is 2. The lowest BCUT2D eigenvalue weighted by molar-refractivity contribution is -0.139. The molecule has 102 valence electrons. The van der Waals surface area contributed by atoms with Crippen LogP contribution < -0.4 is 4.74 Å². The maximum atomic E-state index is 12.2.